The molecule has 4 aliphatic heterocycles. The van der Waals surface area contributed by atoms with Crippen molar-refractivity contribution in [1.82, 2.24) is 0 Å². The summed E-state index contributed by atoms with van der Waals surface area (Å²) in [4.78, 5) is 0. The van der Waals surface area contributed by atoms with Crippen LogP contribution < -0.4 is 0 Å². The average Bonchev–Trinajstić information content (AvgIpc) is 3.33. The lowest BCUT2D eigenvalue weighted by Gasteiger charge is -2.51. The van der Waals surface area contributed by atoms with E-state index in [1.807, 2.05) is 13.8 Å². The first-order chi connectivity index (χ1) is 32.4. The molecule has 23 heteroatoms. The van der Waals surface area contributed by atoms with Crippen molar-refractivity contribution in [1.29, 1.82) is 0 Å². The summed E-state index contributed by atoms with van der Waals surface area (Å²) >= 11 is 0. The van der Waals surface area contributed by atoms with Crippen LogP contribution in [0.25, 0.3) is 0 Å². The SMILES string of the molecule is COCC1OC(OC2C(OC3C(C)OC(OC4C(C)OC(OCC(COC)(OC)C(COC)OC)C(OC)C4OC)C(OC)C3OC)OC(COC)C(OC)C2OC)C(OC)C(OC)C1OC. The fourth-order valence-corrected chi connectivity index (χ4v) is 9.66. The highest BCUT2D eigenvalue weighted by Crippen LogP contribution is 2.39. The smallest absolute Gasteiger partial charge is 0.187 e. The Morgan fingerprint density at radius 2 is 0.746 bits per heavy atom. The molecule has 67 heavy (non-hydrogen) atoms. The Labute approximate surface area is 396 Å². The number of hydrogen-bond donors (Lipinski definition) is 0. The summed E-state index contributed by atoms with van der Waals surface area (Å²) in [6.07, 6.45) is -16.3. The van der Waals surface area contributed by atoms with Gasteiger partial charge in [0.1, 0.15) is 97.2 Å². The molecule has 0 spiro atoms. The maximum atomic E-state index is 6.92. The number of hydrogen-bond acceptors (Lipinski definition) is 23. The van der Waals surface area contributed by atoms with E-state index in [4.69, 9.17) is 109 Å². The molecular weight excluding hydrogens is 896 g/mol. The molecule has 0 N–H and O–H groups in total. The minimum atomic E-state index is -1.15. The Hall–Kier alpha value is -0.920. The molecule has 0 bridgehead atoms. The first-order valence-corrected chi connectivity index (χ1v) is 22.4. The molecule has 22 unspecified atom stereocenters. The lowest BCUT2D eigenvalue weighted by atomic mass is 9.95. The van der Waals surface area contributed by atoms with E-state index in [1.165, 1.54) is 21.3 Å². The molecular formula is C44H82O23. The normalized spacial score (nSPS) is 41.0. The van der Waals surface area contributed by atoms with Crippen molar-refractivity contribution in [3.05, 3.63) is 0 Å². The van der Waals surface area contributed by atoms with Crippen LogP contribution in [0, 0.1) is 0 Å². The van der Waals surface area contributed by atoms with Crippen molar-refractivity contribution >= 4 is 0 Å². The second-order valence-corrected chi connectivity index (χ2v) is 16.7. The summed E-state index contributed by atoms with van der Waals surface area (Å²) in [6, 6.07) is 0. The monoisotopic (exact) mass is 979 g/mol. The summed E-state index contributed by atoms with van der Waals surface area (Å²) in [5.41, 5.74) is -1.05. The molecule has 23 nitrogen and oxygen atoms in total. The van der Waals surface area contributed by atoms with Gasteiger partial charge in [-0.15, -0.1) is 0 Å². The third kappa shape index (κ3) is 13.4. The predicted molar refractivity (Wildman–Crippen MR) is 232 cm³/mol. The minimum absolute atomic E-state index is 0.00132. The van der Waals surface area contributed by atoms with Gasteiger partial charge in [-0.1, -0.05) is 0 Å². The van der Waals surface area contributed by atoms with Gasteiger partial charge in [0, 0.05) is 107 Å². The van der Waals surface area contributed by atoms with Gasteiger partial charge in [-0.25, -0.2) is 0 Å². The fraction of sp³-hybridized carbons (Fsp3) is 1.00. The van der Waals surface area contributed by atoms with Gasteiger partial charge in [-0.05, 0) is 13.8 Å². The van der Waals surface area contributed by atoms with Crippen molar-refractivity contribution < 1.29 is 109 Å². The zero-order valence-electron chi connectivity index (χ0n) is 42.5. The molecule has 4 rings (SSSR count). The van der Waals surface area contributed by atoms with Crippen LogP contribution in [0.2, 0.25) is 0 Å². The van der Waals surface area contributed by atoms with E-state index in [2.05, 4.69) is 0 Å². The second kappa shape index (κ2) is 28.9. The van der Waals surface area contributed by atoms with Crippen molar-refractivity contribution in [3.63, 3.8) is 0 Å². The first-order valence-electron chi connectivity index (χ1n) is 22.4. The fourth-order valence-electron chi connectivity index (χ4n) is 9.66. The van der Waals surface area contributed by atoms with E-state index in [9.17, 15) is 0 Å². The van der Waals surface area contributed by atoms with E-state index in [0.717, 1.165) is 0 Å². The lowest BCUT2D eigenvalue weighted by Crippen LogP contribution is -2.68. The molecule has 0 aromatic heterocycles. The van der Waals surface area contributed by atoms with Crippen LogP contribution in [0.5, 0.6) is 0 Å². The lowest BCUT2D eigenvalue weighted by molar-refractivity contribution is -0.398. The van der Waals surface area contributed by atoms with Gasteiger partial charge >= 0.3 is 0 Å². The molecule has 0 aliphatic carbocycles. The molecule has 4 heterocycles. The zero-order chi connectivity index (χ0) is 49.4. The molecule has 4 saturated heterocycles. The molecule has 22 atom stereocenters. The summed E-state index contributed by atoms with van der Waals surface area (Å²) < 4.78 is 141. The third-order valence-electron chi connectivity index (χ3n) is 13.1. The van der Waals surface area contributed by atoms with Gasteiger partial charge in [0.15, 0.2) is 25.2 Å². The van der Waals surface area contributed by atoms with Crippen LogP contribution in [-0.4, -0.2) is 274 Å². The summed E-state index contributed by atoms with van der Waals surface area (Å²) in [7, 11) is 23.3. The van der Waals surface area contributed by atoms with Gasteiger partial charge in [-0.2, -0.15) is 0 Å². The van der Waals surface area contributed by atoms with E-state index < -0.39 is 135 Å². The average molecular weight is 979 g/mol. The number of methoxy groups -OCH3 is 15. The van der Waals surface area contributed by atoms with Crippen molar-refractivity contribution in [2.75, 3.05) is 140 Å². The van der Waals surface area contributed by atoms with Crippen molar-refractivity contribution in [2.45, 2.75) is 148 Å². The molecule has 0 saturated carbocycles. The summed E-state index contributed by atoms with van der Waals surface area (Å²) in [5, 5.41) is 0. The van der Waals surface area contributed by atoms with Gasteiger partial charge in [0.2, 0.25) is 0 Å². The molecule has 4 fully saturated rings. The van der Waals surface area contributed by atoms with Crippen LogP contribution in [0.4, 0.5) is 0 Å². The van der Waals surface area contributed by atoms with Crippen molar-refractivity contribution in [3.8, 4) is 0 Å². The highest BCUT2D eigenvalue weighted by molar-refractivity contribution is 5.00. The number of rotatable bonds is 29. The Kier molecular flexibility index (Phi) is 25.3. The molecule has 0 aromatic rings. The molecule has 0 amide bonds. The second-order valence-electron chi connectivity index (χ2n) is 16.7. The summed E-state index contributed by atoms with van der Waals surface area (Å²) in [5.74, 6) is 0. The maximum Gasteiger partial charge on any atom is 0.187 e. The quantitative estimate of drug-likeness (QED) is 0.0981. The van der Waals surface area contributed by atoms with Crippen LogP contribution in [0.15, 0.2) is 0 Å². The highest BCUT2D eigenvalue weighted by Gasteiger charge is 2.57. The first kappa shape index (κ1) is 58.6. The molecule has 396 valence electrons. The summed E-state index contributed by atoms with van der Waals surface area (Å²) in [6.45, 7) is 4.37. The standard InChI is InChI=1S/C44H82O23/c1-23-28(32(52-10)36(56-14)40(61-23)60-22-44(59-17,21-48-6)27(49-7)20-47-5)65-41-37(57-15)33(53-11)29(24(2)62-41)66-43-39(35(55-13)31(51-9)26(64-43)19-46-4)67-42-38(58-16)34(54-12)30(50-8)25(63-42)18-45-3/h23-43H,18-22H2,1-17H3. The van der Waals surface area contributed by atoms with Crippen LogP contribution in [-0.2, 0) is 109 Å². The molecule has 0 aromatic carbocycles. The topological polar surface area (TPSA) is 212 Å². The van der Waals surface area contributed by atoms with Gasteiger partial charge in [0.25, 0.3) is 0 Å². The highest BCUT2D eigenvalue weighted by atomic mass is 16.8. The van der Waals surface area contributed by atoms with Gasteiger partial charge < -0.3 is 109 Å². The van der Waals surface area contributed by atoms with E-state index >= 15 is 0 Å². The third-order valence-corrected chi connectivity index (χ3v) is 13.1. The number of ether oxygens (including phenoxy) is 23. The van der Waals surface area contributed by atoms with Crippen molar-refractivity contribution in [2.24, 2.45) is 0 Å². The Morgan fingerprint density at radius 3 is 1.13 bits per heavy atom. The van der Waals surface area contributed by atoms with E-state index in [1.54, 1.807) is 85.3 Å². The Bertz CT molecular complexity index is 1340. The van der Waals surface area contributed by atoms with E-state index in [-0.39, 0.29) is 33.0 Å². The van der Waals surface area contributed by atoms with Crippen LogP contribution in [0.3, 0.4) is 0 Å². The van der Waals surface area contributed by atoms with E-state index in [0.29, 0.717) is 0 Å². The zero-order valence-corrected chi connectivity index (χ0v) is 42.5. The molecule has 4 aliphatic rings. The largest absolute Gasteiger partial charge is 0.382 e. The maximum absolute atomic E-state index is 6.92. The Morgan fingerprint density at radius 1 is 0.373 bits per heavy atom. The van der Waals surface area contributed by atoms with Gasteiger partial charge in [0.05, 0.1) is 45.2 Å². The predicted octanol–water partition coefficient (Wildman–Crippen LogP) is 0.219. The van der Waals surface area contributed by atoms with Gasteiger partial charge in [-0.3, -0.25) is 0 Å². The minimum Gasteiger partial charge on any atom is -0.382 e. The Balaban J connectivity index is 1.61. The van der Waals surface area contributed by atoms with Crippen LogP contribution >= 0.6 is 0 Å². The molecule has 0 radical (unpaired) electrons. The van der Waals surface area contributed by atoms with Crippen LogP contribution in [0.1, 0.15) is 13.8 Å².